The Morgan fingerprint density at radius 2 is 1.67 bits per heavy atom. The monoisotopic (exact) mass is 401 g/mol. The highest BCUT2D eigenvalue weighted by Gasteiger charge is 2.32. The van der Waals surface area contributed by atoms with Crippen LogP contribution in [-0.4, -0.2) is 30.0 Å². The minimum absolute atomic E-state index is 0.0000512. The van der Waals surface area contributed by atoms with Crippen LogP contribution in [0.5, 0.6) is 11.5 Å². The molecule has 0 bridgehead atoms. The SMILES string of the molecule is COc1ccc(C(C)(c2ccc(OCCO)cc2)n2ccc3ccccc32)cc1C. The summed E-state index contributed by atoms with van der Waals surface area (Å²) in [5.41, 5.74) is 4.15. The molecule has 4 aromatic rings. The van der Waals surface area contributed by atoms with Gasteiger partial charge in [-0.1, -0.05) is 36.4 Å². The molecule has 4 heteroatoms. The van der Waals surface area contributed by atoms with Gasteiger partial charge in [0, 0.05) is 11.7 Å². The van der Waals surface area contributed by atoms with E-state index >= 15 is 0 Å². The largest absolute Gasteiger partial charge is 0.496 e. The number of aryl methyl sites for hydroxylation is 1. The summed E-state index contributed by atoms with van der Waals surface area (Å²) in [5.74, 6) is 1.63. The molecule has 0 aliphatic rings. The third-order valence-electron chi connectivity index (χ3n) is 5.81. The van der Waals surface area contributed by atoms with Gasteiger partial charge in [-0.3, -0.25) is 0 Å². The van der Waals surface area contributed by atoms with Crippen molar-refractivity contribution in [1.29, 1.82) is 0 Å². The van der Waals surface area contributed by atoms with Gasteiger partial charge in [-0.15, -0.1) is 0 Å². The molecule has 154 valence electrons. The highest BCUT2D eigenvalue weighted by molar-refractivity contribution is 5.81. The molecule has 0 spiro atoms. The van der Waals surface area contributed by atoms with Gasteiger partial charge in [-0.25, -0.2) is 0 Å². The minimum atomic E-state index is -0.435. The number of nitrogens with zero attached hydrogens (tertiary/aromatic N) is 1. The molecule has 1 aromatic heterocycles. The van der Waals surface area contributed by atoms with Crippen LogP contribution in [0.2, 0.25) is 0 Å². The van der Waals surface area contributed by atoms with Gasteiger partial charge in [0.05, 0.1) is 19.3 Å². The molecule has 0 saturated carbocycles. The average molecular weight is 402 g/mol. The van der Waals surface area contributed by atoms with Crippen molar-refractivity contribution in [3.8, 4) is 11.5 Å². The summed E-state index contributed by atoms with van der Waals surface area (Å²) < 4.78 is 13.4. The zero-order chi connectivity index (χ0) is 21.1. The maximum Gasteiger partial charge on any atom is 0.121 e. The van der Waals surface area contributed by atoms with Crippen molar-refractivity contribution in [3.63, 3.8) is 0 Å². The number of aliphatic hydroxyl groups excluding tert-OH is 1. The Morgan fingerprint density at radius 1 is 0.933 bits per heavy atom. The number of hydrogen-bond donors (Lipinski definition) is 1. The molecule has 1 unspecified atom stereocenters. The van der Waals surface area contributed by atoms with Gasteiger partial charge >= 0.3 is 0 Å². The summed E-state index contributed by atoms with van der Waals surface area (Å²) in [7, 11) is 1.70. The zero-order valence-corrected chi connectivity index (χ0v) is 17.6. The number of ether oxygens (including phenoxy) is 2. The number of aliphatic hydroxyl groups is 1. The van der Waals surface area contributed by atoms with Crippen molar-refractivity contribution >= 4 is 10.9 Å². The van der Waals surface area contributed by atoms with Crippen LogP contribution in [0, 0.1) is 6.92 Å². The van der Waals surface area contributed by atoms with Crippen LogP contribution >= 0.6 is 0 Å². The van der Waals surface area contributed by atoms with E-state index in [4.69, 9.17) is 14.6 Å². The number of hydrogen-bond acceptors (Lipinski definition) is 3. The molecular weight excluding hydrogens is 374 g/mol. The van der Waals surface area contributed by atoms with Gasteiger partial charge in [-0.05, 0) is 72.3 Å². The van der Waals surface area contributed by atoms with Gasteiger partial charge in [0.2, 0.25) is 0 Å². The summed E-state index contributed by atoms with van der Waals surface area (Å²) in [4.78, 5) is 0. The molecule has 0 fully saturated rings. The number of methoxy groups -OCH3 is 1. The molecule has 1 atom stereocenters. The van der Waals surface area contributed by atoms with E-state index < -0.39 is 5.54 Å². The van der Waals surface area contributed by atoms with Crippen LogP contribution in [0.4, 0.5) is 0 Å². The quantitative estimate of drug-likeness (QED) is 0.466. The Hall–Kier alpha value is -3.24. The van der Waals surface area contributed by atoms with Crippen LogP contribution in [0.1, 0.15) is 23.6 Å². The van der Waals surface area contributed by atoms with Gasteiger partial charge in [0.25, 0.3) is 0 Å². The molecular formula is C26H27NO3. The Balaban J connectivity index is 1.90. The third kappa shape index (κ3) is 3.44. The van der Waals surface area contributed by atoms with Gasteiger partial charge in [0.15, 0.2) is 0 Å². The van der Waals surface area contributed by atoms with Crippen molar-refractivity contribution in [2.24, 2.45) is 0 Å². The van der Waals surface area contributed by atoms with E-state index in [1.54, 1.807) is 7.11 Å². The lowest BCUT2D eigenvalue weighted by Gasteiger charge is -2.34. The van der Waals surface area contributed by atoms with Crippen LogP contribution in [0.25, 0.3) is 10.9 Å². The highest BCUT2D eigenvalue weighted by atomic mass is 16.5. The number of rotatable bonds is 7. The first-order chi connectivity index (χ1) is 14.6. The van der Waals surface area contributed by atoms with Crippen molar-refractivity contribution < 1.29 is 14.6 Å². The lowest BCUT2D eigenvalue weighted by Crippen LogP contribution is -2.32. The van der Waals surface area contributed by atoms with E-state index in [1.165, 1.54) is 16.5 Å². The molecule has 0 aliphatic carbocycles. The lowest BCUT2D eigenvalue weighted by molar-refractivity contribution is 0.201. The van der Waals surface area contributed by atoms with Crippen molar-refractivity contribution in [2.45, 2.75) is 19.4 Å². The molecule has 4 rings (SSSR count). The number of fused-ring (bicyclic) bond motifs is 1. The predicted molar refractivity (Wildman–Crippen MR) is 121 cm³/mol. The number of benzene rings is 3. The number of para-hydroxylation sites is 1. The Morgan fingerprint density at radius 3 is 2.37 bits per heavy atom. The fourth-order valence-electron chi connectivity index (χ4n) is 4.14. The molecule has 0 radical (unpaired) electrons. The fraction of sp³-hybridized carbons (Fsp3) is 0.231. The van der Waals surface area contributed by atoms with Gasteiger partial charge in [-0.2, -0.15) is 0 Å². The van der Waals surface area contributed by atoms with Gasteiger partial charge < -0.3 is 19.1 Å². The van der Waals surface area contributed by atoms with E-state index in [-0.39, 0.29) is 13.2 Å². The molecule has 4 nitrogen and oxygen atoms in total. The van der Waals surface area contributed by atoms with Crippen molar-refractivity contribution in [3.05, 3.63) is 95.7 Å². The molecule has 1 N–H and O–H groups in total. The van der Waals surface area contributed by atoms with E-state index in [1.807, 2.05) is 18.2 Å². The molecule has 0 aliphatic heterocycles. The predicted octanol–water partition coefficient (Wildman–Crippen LogP) is 5.14. The summed E-state index contributed by atoms with van der Waals surface area (Å²) in [5, 5.41) is 10.2. The van der Waals surface area contributed by atoms with Crippen LogP contribution in [0.15, 0.2) is 79.0 Å². The number of aromatic nitrogens is 1. The zero-order valence-electron chi connectivity index (χ0n) is 17.6. The third-order valence-corrected chi connectivity index (χ3v) is 5.81. The first-order valence-electron chi connectivity index (χ1n) is 10.1. The van der Waals surface area contributed by atoms with Crippen molar-refractivity contribution in [2.75, 3.05) is 20.3 Å². The smallest absolute Gasteiger partial charge is 0.121 e. The Kier molecular flexibility index (Phi) is 5.51. The Labute approximate surface area is 177 Å². The highest BCUT2D eigenvalue weighted by Crippen LogP contribution is 2.39. The minimum Gasteiger partial charge on any atom is -0.496 e. The summed E-state index contributed by atoms with van der Waals surface area (Å²) in [6, 6.07) is 25.1. The second-order valence-electron chi connectivity index (χ2n) is 7.60. The van der Waals surface area contributed by atoms with E-state index in [2.05, 4.69) is 79.2 Å². The average Bonchev–Trinajstić information content (AvgIpc) is 3.22. The molecule has 0 saturated heterocycles. The van der Waals surface area contributed by atoms with Crippen molar-refractivity contribution in [1.82, 2.24) is 4.57 Å². The van der Waals surface area contributed by atoms with E-state index in [0.29, 0.717) is 0 Å². The first kappa shape index (κ1) is 20.0. The molecule has 1 heterocycles. The maximum absolute atomic E-state index is 9.02. The first-order valence-corrected chi connectivity index (χ1v) is 10.1. The fourth-order valence-corrected chi connectivity index (χ4v) is 4.14. The van der Waals surface area contributed by atoms with Crippen LogP contribution in [-0.2, 0) is 5.54 Å². The summed E-state index contributed by atoms with van der Waals surface area (Å²) >= 11 is 0. The summed E-state index contributed by atoms with van der Waals surface area (Å²) in [6.07, 6.45) is 2.15. The normalized spacial score (nSPS) is 13.2. The second kappa shape index (κ2) is 8.25. The molecule has 0 amide bonds. The second-order valence-corrected chi connectivity index (χ2v) is 7.60. The molecule has 30 heavy (non-hydrogen) atoms. The van der Waals surface area contributed by atoms with Crippen LogP contribution in [0.3, 0.4) is 0 Å². The summed E-state index contributed by atoms with van der Waals surface area (Å²) in [6.45, 7) is 4.60. The maximum atomic E-state index is 9.02. The van der Waals surface area contributed by atoms with E-state index in [0.717, 1.165) is 22.6 Å². The Bertz CT molecular complexity index is 1150. The lowest BCUT2D eigenvalue weighted by atomic mass is 9.83. The standard InChI is InChI=1S/C26H27NO3/c1-19-18-22(10-13-25(19)29-3)26(2,21-8-11-23(12-9-21)30-17-16-28)27-15-14-20-6-4-5-7-24(20)27/h4-15,18,28H,16-17H2,1-3H3. The van der Waals surface area contributed by atoms with Gasteiger partial charge in [0.1, 0.15) is 18.1 Å². The molecule has 3 aromatic carbocycles. The van der Waals surface area contributed by atoms with E-state index in [9.17, 15) is 0 Å². The van der Waals surface area contributed by atoms with Crippen LogP contribution < -0.4 is 9.47 Å². The topological polar surface area (TPSA) is 43.6 Å².